The van der Waals surface area contributed by atoms with Crippen LogP contribution in [-0.2, 0) is 0 Å². The number of thioether (sulfide) groups is 1. The van der Waals surface area contributed by atoms with Gasteiger partial charge in [0.05, 0.1) is 12.8 Å². The average molecular weight is 384 g/mol. The number of anilines is 4. The van der Waals surface area contributed by atoms with Gasteiger partial charge in [0, 0.05) is 23.2 Å². The lowest BCUT2D eigenvalue weighted by molar-refractivity contribution is 0.0995. The summed E-state index contributed by atoms with van der Waals surface area (Å²) in [5, 5.41) is 21.7. The number of carbonyl (C=O) groups is 1. The molecule has 138 valence electrons. The standard InChI is InChI=1S/C16H16N8O2S/c1-26-13-6-5-11(21-23-13)20-12-8-9(14(15(17)25)24-22-12)19-16-10(27-2)4-3-7-18-16/h3-8H,1-2H3,(H2,17,25)(H2,18,19,20,21,22). The first-order valence-corrected chi connectivity index (χ1v) is 8.91. The maximum atomic E-state index is 11.7. The quantitative estimate of drug-likeness (QED) is 0.518. The smallest absolute Gasteiger partial charge is 0.271 e. The molecule has 3 rings (SSSR count). The first kappa shape index (κ1) is 18.3. The second kappa shape index (κ2) is 8.27. The number of amides is 1. The average Bonchev–Trinajstić information content (AvgIpc) is 2.69. The molecule has 10 nitrogen and oxygen atoms in total. The Kier molecular flexibility index (Phi) is 5.61. The van der Waals surface area contributed by atoms with E-state index < -0.39 is 5.91 Å². The molecule has 0 aliphatic carbocycles. The molecular formula is C16H16N8O2S. The van der Waals surface area contributed by atoms with Crippen molar-refractivity contribution in [2.24, 2.45) is 5.73 Å². The van der Waals surface area contributed by atoms with Crippen LogP contribution in [0.4, 0.5) is 23.1 Å². The van der Waals surface area contributed by atoms with Crippen LogP contribution in [0.5, 0.6) is 5.88 Å². The van der Waals surface area contributed by atoms with E-state index in [0.29, 0.717) is 29.0 Å². The van der Waals surface area contributed by atoms with Gasteiger partial charge < -0.3 is 21.1 Å². The van der Waals surface area contributed by atoms with Crippen LogP contribution in [0, 0.1) is 0 Å². The number of aromatic nitrogens is 5. The van der Waals surface area contributed by atoms with Crippen LogP contribution in [0.3, 0.4) is 0 Å². The summed E-state index contributed by atoms with van der Waals surface area (Å²) < 4.78 is 4.97. The minimum Gasteiger partial charge on any atom is -0.480 e. The van der Waals surface area contributed by atoms with Crippen LogP contribution < -0.4 is 21.1 Å². The van der Waals surface area contributed by atoms with Crippen LogP contribution in [0.25, 0.3) is 0 Å². The molecule has 0 fully saturated rings. The lowest BCUT2D eigenvalue weighted by Crippen LogP contribution is -2.17. The molecule has 0 bridgehead atoms. The van der Waals surface area contributed by atoms with E-state index >= 15 is 0 Å². The highest BCUT2D eigenvalue weighted by Crippen LogP contribution is 2.28. The van der Waals surface area contributed by atoms with Crippen molar-refractivity contribution in [1.82, 2.24) is 25.4 Å². The molecule has 0 aromatic carbocycles. The summed E-state index contributed by atoms with van der Waals surface area (Å²) in [5.41, 5.74) is 5.78. The predicted octanol–water partition coefficient (Wildman–Crippen LogP) is 1.98. The number of nitrogens with two attached hydrogens (primary N) is 1. The number of primary amides is 1. The molecule has 11 heteroatoms. The van der Waals surface area contributed by atoms with Gasteiger partial charge in [-0.25, -0.2) is 4.98 Å². The summed E-state index contributed by atoms with van der Waals surface area (Å²) in [6, 6.07) is 8.65. The molecule has 0 aliphatic heterocycles. The van der Waals surface area contributed by atoms with Gasteiger partial charge in [0.2, 0.25) is 5.88 Å². The molecule has 0 saturated carbocycles. The number of nitrogens with zero attached hydrogens (tertiary/aromatic N) is 5. The zero-order chi connectivity index (χ0) is 19.2. The van der Waals surface area contributed by atoms with Crippen molar-refractivity contribution in [1.29, 1.82) is 0 Å². The van der Waals surface area contributed by atoms with Gasteiger partial charge in [-0.3, -0.25) is 4.79 Å². The van der Waals surface area contributed by atoms with Crippen molar-refractivity contribution >= 4 is 40.8 Å². The van der Waals surface area contributed by atoms with E-state index in [1.165, 1.54) is 18.9 Å². The van der Waals surface area contributed by atoms with Gasteiger partial charge in [0.15, 0.2) is 17.3 Å². The lowest BCUT2D eigenvalue weighted by atomic mass is 10.3. The lowest BCUT2D eigenvalue weighted by Gasteiger charge is -2.12. The third-order valence-corrected chi connectivity index (χ3v) is 4.15. The molecular weight excluding hydrogens is 368 g/mol. The van der Waals surface area contributed by atoms with Gasteiger partial charge in [0.25, 0.3) is 5.91 Å². The molecule has 0 atom stereocenters. The van der Waals surface area contributed by atoms with Gasteiger partial charge >= 0.3 is 0 Å². The summed E-state index contributed by atoms with van der Waals surface area (Å²) in [4.78, 5) is 16.9. The molecule has 0 radical (unpaired) electrons. The van der Waals surface area contributed by atoms with Crippen molar-refractivity contribution in [2.75, 3.05) is 24.0 Å². The maximum absolute atomic E-state index is 11.7. The number of methoxy groups -OCH3 is 1. The number of rotatable bonds is 7. The summed E-state index contributed by atoms with van der Waals surface area (Å²) in [7, 11) is 1.50. The number of carbonyl (C=O) groups excluding carboxylic acids is 1. The van der Waals surface area contributed by atoms with Crippen molar-refractivity contribution in [3.05, 3.63) is 42.2 Å². The SMILES string of the molecule is COc1ccc(Nc2cc(Nc3ncccc3SC)c(C(N)=O)nn2)nn1. The number of ether oxygens (including phenoxy) is 1. The van der Waals surface area contributed by atoms with Gasteiger partial charge in [-0.15, -0.1) is 32.2 Å². The number of hydrogen-bond acceptors (Lipinski definition) is 10. The highest BCUT2D eigenvalue weighted by Gasteiger charge is 2.15. The Morgan fingerprint density at radius 1 is 1.11 bits per heavy atom. The molecule has 4 N–H and O–H groups in total. The van der Waals surface area contributed by atoms with Crippen LogP contribution >= 0.6 is 11.8 Å². The Hall–Kier alpha value is -3.47. The second-order valence-electron chi connectivity index (χ2n) is 5.12. The topological polar surface area (TPSA) is 141 Å². The molecule has 1 amide bonds. The van der Waals surface area contributed by atoms with Crippen molar-refractivity contribution in [3.63, 3.8) is 0 Å². The summed E-state index contributed by atoms with van der Waals surface area (Å²) in [6.07, 6.45) is 3.57. The van der Waals surface area contributed by atoms with Crippen molar-refractivity contribution in [2.45, 2.75) is 4.90 Å². The van der Waals surface area contributed by atoms with Crippen LogP contribution in [0.1, 0.15) is 10.5 Å². The Balaban J connectivity index is 1.91. The van der Waals surface area contributed by atoms with Crippen LogP contribution in [0.15, 0.2) is 41.4 Å². The van der Waals surface area contributed by atoms with Gasteiger partial charge in [-0.05, 0) is 24.5 Å². The van der Waals surface area contributed by atoms with E-state index in [9.17, 15) is 4.79 Å². The first-order valence-electron chi connectivity index (χ1n) is 7.69. The fourth-order valence-electron chi connectivity index (χ4n) is 2.13. The summed E-state index contributed by atoms with van der Waals surface area (Å²) in [5.74, 6) is 1.05. The zero-order valence-electron chi connectivity index (χ0n) is 14.5. The van der Waals surface area contributed by atoms with E-state index in [1.54, 1.807) is 24.4 Å². The highest BCUT2D eigenvalue weighted by atomic mass is 32.2. The summed E-state index contributed by atoms with van der Waals surface area (Å²) in [6.45, 7) is 0. The molecule has 0 saturated heterocycles. The Morgan fingerprint density at radius 3 is 2.59 bits per heavy atom. The fraction of sp³-hybridized carbons (Fsp3) is 0.125. The third-order valence-electron chi connectivity index (χ3n) is 3.38. The largest absolute Gasteiger partial charge is 0.480 e. The van der Waals surface area contributed by atoms with E-state index in [1.807, 2.05) is 18.4 Å². The van der Waals surface area contributed by atoms with E-state index in [2.05, 4.69) is 36.0 Å². The van der Waals surface area contributed by atoms with E-state index in [-0.39, 0.29) is 5.69 Å². The van der Waals surface area contributed by atoms with Crippen LogP contribution in [0.2, 0.25) is 0 Å². The number of hydrogen-bond donors (Lipinski definition) is 3. The van der Waals surface area contributed by atoms with E-state index in [4.69, 9.17) is 10.5 Å². The molecule has 0 spiro atoms. The minimum atomic E-state index is -0.706. The zero-order valence-corrected chi connectivity index (χ0v) is 15.3. The molecule has 3 aromatic rings. The van der Waals surface area contributed by atoms with Gasteiger partial charge in [0.1, 0.15) is 5.82 Å². The third kappa shape index (κ3) is 4.39. The highest BCUT2D eigenvalue weighted by molar-refractivity contribution is 7.98. The molecule has 0 unspecified atom stereocenters. The Labute approximate surface area is 159 Å². The second-order valence-corrected chi connectivity index (χ2v) is 5.97. The molecule has 0 aliphatic rings. The molecule has 3 heterocycles. The fourth-order valence-corrected chi connectivity index (χ4v) is 2.65. The maximum Gasteiger partial charge on any atom is 0.271 e. The number of pyridine rings is 1. The van der Waals surface area contributed by atoms with Crippen LogP contribution in [-0.4, -0.2) is 44.7 Å². The first-order chi connectivity index (χ1) is 13.1. The monoisotopic (exact) mass is 384 g/mol. The Bertz CT molecular complexity index is 951. The predicted molar refractivity (Wildman–Crippen MR) is 102 cm³/mol. The van der Waals surface area contributed by atoms with Gasteiger partial charge in [-0.2, -0.15) is 0 Å². The minimum absolute atomic E-state index is 0.000860. The van der Waals surface area contributed by atoms with Crippen molar-refractivity contribution < 1.29 is 9.53 Å². The Morgan fingerprint density at radius 2 is 1.93 bits per heavy atom. The van der Waals surface area contributed by atoms with E-state index in [0.717, 1.165) is 4.90 Å². The number of nitrogens with one attached hydrogen (secondary N) is 2. The molecule has 27 heavy (non-hydrogen) atoms. The van der Waals surface area contributed by atoms with Gasteiger partial charge in [-0.1, -0.05) is 0 Å². The summed E-state index contributed by atoms with van der Waals surface area (Å²) >= 11 is 1.52. The molecule has 3 aromatic heterocycles. The normalized spacial score (nSPS) is 10.3. The van der Waals surface area contributed by atoms with Crippen molar-refractivity contribution in [3.8, 4) is 5.88 Å².